The van der Waals surface area contributed by atoms with Gasteiger partial charge in [-0.15, -0.1) is 0 Å². The van der Waals surface area contributed by atoms with Crippen LogP contribution < -0.4 is 16.0 Å². The first-order valence-electron chi connectivity index (χ1n) is 13.0. The molecule has 1 saturated carbocycles. The molecule has 0 radical (unpaired) electrons. The summed E-state index contributed by atoms with van der Waals surface area (Å²) < 4.78 is 70.4. The van der Waals surface area contributed by atoms with Crippen LogP contribution in [0.5, 0.6) is 0 Å². The summed E-state index contributed by atoms with van der Waals surface area (Å²) >= 11 is 6.12. The number of hydrogen-bond acceptors (Lipinski definition) is 4. The fourth-order valence-electron chi connectivity index (χ4n) is 5.87. The summed E-state index contributed by atoms with van der Waals surface area (Å²) in [6.45, 7) is 0. The zero-order valence-electron chi connectivity index (χ0n) is 21.4. The Bertz CT molecular complexity index is 1460. The highest BCUT2D eigenvalue weighted by Gasteiger charge is 2.52. The quantitative estimate of drug-likeness (QED) is 0.218. The second kappa shape index (κ2) is 10.8. The largest absolute Gasteiger partial charge is 0.478 e. The Kier molecular flexibility index (Phi) is 7.58. The molecular weight excluding hydrogens is 569 g/mol. The van der Waals surface area contributed by atoms with E-state index < -0.39 is 58.1 Å². The number of anilines is 3. The van der Waals surface area contributed by atoms with Gasteiger partial charge in [-0.2, -0.15) is 13.2 Å². The topological polar surface area (TPSA) is 90.5 Å². The number of fused-ring (bicyclic) bond motifs is 1. The minimum atomic E-state index is -4.96. The molecule has 2 aliphatic rings. The first kappa shape index (κ1) is 28.7. The van der Waals surface area contributed by atoms with Gasteiger partial charge in [0.05, 0.1) is 34.1 Å². The van der Waals surface area contributed by atoms with Crippen LogP contribution in [0.2, 0.25) is 5.02 Å². The molecule has 5 rings (SSSR count). The Morgan fingerprint density at radius 3 is 2.05 bits per heavy atom. The van der Waals surface area contributed by atoms with Gasteiger partial charge in [-0.3, -0.25) is 4.79 Å². The number of carbonyl (C=O) groups excluding carboxylic acids is 1. The molecule has 6 nitrogen and oxygen atoms in total. The molecule has 12 heteroatoms. The first-order valence-corrected chi connectivity index (χ1v) is 13.3. The number of halogens is 6. The molecule has 1 atom stereocenters. The molecule has 3 aromatic carbocycles. The standard InChI is InChI=1S/C29H25ClF5N3O3/c30-18-9-7-17(8-10-18)28(37-23-13-20(31)21(32)14-24(23)38-28)25(15-4-2-1-3-5-15)26(39)36-22-11-6-16(27(40)41)12-19(22)29(33,34)35/h6-15,25,37-38H,1-5H2,(H,36,39)(H,40,41). The maximum Gasteiger partial charge on any atom is 0.418 e. The lowest BCUT2D eigenvalue weighted by Gasteiger charge is -2.43. The average molecular weight is 594 g/mol. The zero-order chi connectivity index (χ0) is 29.5. The summed E-state index contributed by atoms with van der Waals surface area (Å²) in [5.74, 6) is -5.98. The van der Waals surface area contributed by atoms with Gasteiger partial charge in [0.15, 0.2) is 11.6 Å². The molecule has 4 N–H and O–H groups in total. The normalized spacial score (nSPS) is 17.2. The van der Waals surface area contributed by atoms with Crippen molar-refractivity contribution in [1.82, 2.24) is 0 Å². The molecule has 1 unspecified atom stereocenters. The predicted molar refractivity (Wildman–Crippen MR) is 144 cm³/mol. The van der Waals surface area contributed by atoms with Crippen LogP contribution >= 0.6 is 11.6 Å². The Morgan fingerprint density at radius 1 is 0.927 bits per heavy atom. The van der Waals surface area contributed by atoms with E-state index in [1.54, 1.807) is 24.3 Å². The minimum absolute atomic E-state index is 0.175. The van der Waals surface area contributed by atoms with E-state index in [1.165, 1.54) is 0 Å². The van der Waals surface area contributed by atoms with E-state index in [-0.39, 0.29) is 17.3 Å². The van der Waals surface area contributed by atoms with Gasteiger partial charge in [0.1, 0.15) is 5.66 Å². The molecule has 1 aliphatic heterocycles. The Hall–Kier alpha value is -3.86. The third-order valence-electron chi connectivity index (χ3n) is 7.72. The maximum atomic E-state index is 14.2. The molecule has 3 aromatic rings. The smallest absolute Gasteiger partial charge is 0.418 e. The lowest BCUT2D eigenvalue weighted by atomic mass is 9.71. The molecule has 0 spiro atoms. The van der Waals surface area contributed by atoms with Crippen molar-refractivity contribution in [1.29, 1.82) is 0 Å². The second-order valence-corrected chi connectivity index (χ2v) is 10.7. The van der Waals surface area contributed by atoms with Gasteiger partial charge >= 0.3 is 12.1 Å². The van der Waals surface area contributed by atoms with Crippen molar-refractivity contribution in [3.63, 3.8) is 0 Å². The van der Waals surface area contributed by atoms with Crippen LogP contribution in [-0.4, -0.2) is 17.0 Å². The number of rotatable bonds is 6. The van der Waals surface area contributed by atoms with Gasteiger partial charge in [-0.05, 0) is 54.7 Å². The van der Waals surface area contributed by atoms with E-state index in [1.807, 2.05) is 0 Å². The summed E-state index contributed by atoms with van der Waals surface area (Å²) in [6, 6.07) is 10.7. The van der Waals surface area contributed by atoms with E-state index in [9.17, 15) is 36.6 Å². The average Bonchev–Trinajstić information content (AvgIpc) is 3.27. The molecule has 216 valence electrons. The van der Waals surface area contributed by atoms with Crippen molar-refractivity contribution >= 4 is 40.5 Å². The van der Waals surface area contributed by atoms with E-state index in [0.717, 1.165) is 43.5 Å². The molecule has 0 saturated heterocycles. The summed E-state index contributed by atoms with van der Waals surface area (Å²) in [6.07, 6.45) is -1.31. The van der Waals surface area contributed by atoms with Gasteiger partial charge < -0.3 is 21.1 Å². The van der Waals surface area contributed by atoms with E-state index >= 15 is 0 Å². The third kappa shape index (κ3) is 5.55. The van der Waals surface area contributed by atoms with Gasteiger partial charge in [0.25, 0.3) is 0 Å². The number of amides is 1. The molecule has 1 fully saturated rings. The predicted octanol–water partition coefficient (Wildman–Crippen LogP) is 7.86. The lowest BCUT2D eigenvalue weighted by Crippen LogP contribution is -2.54. The SMILES string of the molecule is O=C(O)c1ccc(NC(=O)C(C2CCCCC2)C2(c3ccc(Cl)cc3)Nc3cc(F)c(F)cc3N2)c(C(F)(F)F)c1. The summed E-state index contributed by atoms with van der Waals surface area (Å²) in [5.41, 5.74) is -3.19. The monoisotopic (exact) mass is 593 g/mol. The molecule has 41 heavy (non-hydrogen) atoms. The van der Waals surface area contributed by atoms with Gasteiger partial charge in [-0.25, -0.2) is 13.6 Å². The molecule has 1 amide bonds. The third-order valence-corrected chi connectivity index (χ3v) is 7.98. The van der Waals surface area contributed by atoms with Crippen molar-refractivity contribution in [3.05, 3.63) is 87.9 Å². The number of benzene rings is 3. The first-order chi connectivity index (χ1) is 19.4. The van der Waals surface area contributed by atoms with Crippen LogP contribution in [0.1, 0.15) is 53.6 Å². The summed E-state index contributed by atoms with van der Waals surface area (Å²) in [7, 11) is 0. The second-order valence-electron chi connectivity index (χ2n) is 10.3. The van der Waals surface area contributed by atoms with Crippen LogP contribution in [0.3, 0.4) is 0 Å². The van der Waals surface area contributed by atoms with E-state index in [4.69, 9.17) is 11.6 Å². The van der Waals surface area contributed by atoms with Crippen molar-refractivity contribution in [3.8, 4) is 0 Å². The molecular formula is C29H25ClF5N3O3. The lowest BCUT2D eigenvalue weighted by molar-refractivity contribution is -0.137. The fourth-order valence-corrected chi connectivity index (χ4v) is 5.99. The summed E-state index contributed by atoms with van der Waals surface area (Å²) in [4.78, 5) is 25.5. The highest BCUT2D eigenvalue weighted by molar-refractivity contribution is 6.30. The molecule has 0 bridgehead atoms. The highest BCUT2D eigenvalue weighted by atomic mass is 35.5. The van der Waals surface area contributed by atoms with Crippen molar-refractivity contribution < 1.29 is 36.6 Å². The number of carbonyl (C=O) groups is 2. The number of carboxylic acids is 1. The van der Waals surface area contributed by atoms with Crippen molar-refractivity contribution in [2.75, 3.05) is 16.0 Å². The van der Waals surface area contributed by atoms with E-state index in [2.05, 4.69) is 16.0 Å². The number of aromatic carboxylic acids is 1. The molecule has 1 aliphatic carbocycles. The maximum absolute atomic E-state index is 14.2. The zero-order valence-corrected chi connectivity index (χ0v) is 22.2. The Morgan fingerprint density at radius 2 is 1.51 bits per heavy atom. The summed E-state index contributed by atoms with van der Waals surface area (Å²) in [5, 5.41) is 18.3. The number of hydrogen-bond donors (Lipinski definition) is 4. The van der Waals surface area contributed by atoms with Crippen LogP contribution in [0.15, 0.2) is 54.6 Å². The van der Waals surface area contributed by atoms with E-state index in [0.29, 0.717) is 29.5 Å². The Balaban J connectivity index is 1.64. The number of alkyl halides is 3. The molecule has 0 aromatic heterocycles. The molecule has 1 heterocycles. The van der Waals surface area contributed by atoms with Crippen LogP contribution in [0.4, 0.5) is 39.0 Å². The van der Waals surface area contributed by atoms with Gasteiger partial charge in [-0.1, -0.05) is 43.0 Å². The number of nitrogens with one attached hydrogen (secondary N) is 3. The highest BCUT2D eigenvalue weighted by Crippen LogP contribution is 2.50. The van der Waals surface area contributed by atoms with Crippen LogP contribution in [-0.2, 0) is 16.6 Å². The van der Waals surface area contributed by atoms with Crippen molar-refractivity contribution in [2.24, 2.45) is 11.8 Å². The van der Waals surface area contributed by atoms with Gasteiger partial charge in [0, 0.05) is 17.2 Å². The van der Waals surface area contributed by atoms with Crippen molar-refractivity contribution in [2.45, 2.75) is 43.9 Å². The Labute approximate surface area is 236 Å². The minimum Gasteiger partial charge on any atom is -0.478 e. The van der Waals surface area contributed by atoms with Crippen LogP contribution in [0, 0.1) is 23.5 Å². The fraction of sp³-hybridized carbons (Fsp3) is 0.310. The van der Waals surface area contributed by atoms with Gasteiger partial charge in [0.2, 0.25) is 5.91 Å². The number of carboxylic acid groups (broad SMARTS) is 1. The van der Waals surface area contributed by atoms with Crippen LogP contribution in [0.25, 0.3) is 0 Å².